The van der Waals surface area contributed by atoms with Crippen molar-refractivity contribution in [2.75, 3.05) is 14.2 Å². The van der Waals surface area contributed by atoms with Crippen molar-refractivity contribution in [1.82, 2.24) is 0 Å². The molecule has 0 aliphatic rings. The molecule has 75 valence electrons. The SMILES string of the molecule is COc1ccc(C(S)[C]=O)cc1OC. The molecule has 0 N–H and O–H groups in total. The maximum absolute atomic E-state index is 10.4. The molecule has 0 saturated heterocycles. The van der Waals surface area contributed by atoms with Crippen molar-refractivity contribution in [1.29, 1.82) is 0 Å². The number of rotatable bonds is 4. The fraction of sp³-hybridized carbons (Fsp3) is 0.300. The number of hydrogen-bond acceptors (Lipinski definition) is 4. The van der Waals surface area contributed by atoms with E-state index in [-0.39, 0.29) is 0 Å². The second-order valence-corrected chi connectivity index (χ2v) is 3.15. The van der Waals surface area contributed by atoms with Crippen LogP contribution in [0.1, 0.15) is 10.8 Å². The summed E-state index contributed by atoms with van der Waals surface area (Å²) >= 11 is 4.05. The normalized spacial score (nSPS) is 11.9. The molecule has 0 fully saturated rings. The molecule has 0 aromatic heterocycles. The predicted octanol–water partition coefficient (Wildman–Crippen LogP) is 1.78. The van der Waals surface area contributed by atoms with E-state index in [1.807, 2.05) is 0 Å². The van der Waals surface area contributed by atoms with Crippen LogP contribution in [0.5, 0.6) is 11.5 Å². The number of ether oxygens (including phenoxy) is 2. The zero-order valence-corrected chi connectivity index (χ0v) is 8.88. The van der Waals surface area contributed by atoms with E-state index in [2.05, 4.69) is 12.6 Å². The fourth-order valence-corrected chi connectivity index (χ4v) is 1.25. The average Bonchev–Trinajstić information content (AvgIpc) is 2.26. The van der Waals surface area contributed by atoms with Gasteiger partial charge in [0.05, 0.1) is 19.5 Å². The monoisotopic (exact) mass is 211 g/mol. The van der Waals surface area contributed by atoms with E-state index in [1.165, 1.54) is 0 Å². The van der Waals surface area contributed by atoms with Crippen molar-refractivity contribution in [3.8, 4) is 11.5 Å². The maximum Gasteiger partial charge on any atom is 0.216 e. The van der Waals surface area contributed by atoms with E-state index >= 15 is 0 Å². The summed E-state index contributed by atoms with van der Waals surface area (Å²) in [5, 5.41) is -0.546. The molecule has 1 atom stereocenters. The van der Waals surface area contributed by atoms with Crippen molar-refractivity contribution in [2.24, 2.45) is 0 Å². The molecule has 0 amide bonds. The second kappa shape index (κ2) is 4.91. The van der Waals surface area contributed by atoms with Gasteiger partial charge in [0.2, 0.25) is 6.29 Å². The molecule has 0 aliphatic carbocycles. The van der Waals surface area contributed by atoms with Crippen molar-refractivity contribution in [2.45, 2.75) is 5.25 Å². The highest BCUT2D eigenvalue weighted by molar-refractivity contribution is 7.81. The standard InChI is InChI=1S/C10H11O3S/c1-12-8-4-3-7(10(14)6-11)5-9(8)13-2/h3-5,10,14H,1-2H3. The van der Waals surface area contributed by atoms with Crippen LogP contribution in [0.2, 0.25) is 0 Å². The molecule has 3 nitrogen and oxygen atoms in total. The summed E-state index contributed by atoms with van der Waals surface area (Å²) in [4.78, 5) is 10.4. The Balaban J connectivity index is 3.06. The highest BCUT2D eigenvalue weighted by Crippen LogP contribution is 2.30. The summed E-state index contributed by atoms with van der Waals surface area (Å²) in [6.07, 6.45) is 1.79. The first-order valence-electron chi connectivity index (χ1n) is 4.00. The van der Waals surface area contributed by atoms with E-state index in [0.717, 1.165) is 5.56 Å². The van der Waals surface area contributed by atoms with Gasteiger partial charge in [-0.3, -0.25) is 4.79 Å². The summed E-state index contributed by atoms with van der Waals surface area (Å²) in [6, 6.07) is 5.19. The quantitative estimate of drug-likeness (QED) is 0.771. The first-order chi connectivity index (χ1) is 6.72. The van der Waals surface area contributed by atoms with Gasteiger partial charge < -0.3 is 9.47 Å². The lowest BCUT2D eigenvalue weighted by Gasteiger charge is -2.09. The van der Waals surface area contributed by atoms with Gasteiger partial charge in [0.1, 0.15) is 0 Å². The minimum Gasteiger partial charge on any atom is -0.493 e. The van der Waals surface area contributed by atoms with Gasteiger partial charge in [-0.1, -0.05) is 6.07 Å². The number of hydrogen-bond donors (Lipinski definition) is 1. The van der Waals surface area contributed by atoms with Crippen molar-refractivity contribution >= 4 is 18.9 Å². The molecule has 1 radical (unpaired) electrons. The van der Waals surface area contributed by atoms with Crippen LogP contribution in [0.4, 0.5) is 0 Å². The fourth-order valence-electron chi connectivity index (χ4n) is 1.09. The van der Waals surface area contributed by atoms with Crippen LogP contribution in [0.25, 0.3) is 0 Å². The van der Waals surface area contributed by atoms with Gasteiger partial charge in [-0.05, 0) is 17.7 Å². The van der Waals surface area contributed by atoms with Gasteiger partial charge in [0.15, 0.2) is 11.5 Å². The minimum absolute atomic E-state index is 0.546. The Labute approximate surface area is 88.4 Å². The molecule has 0 bridgehead atoms. The lowest BCUT2D eigenvalue weighted by Crippen LogP contribution is -1.95. The van der Waals surface area contributed by atoms with Crippen LogP contribution < -0.4 is 9.47 Å². The minimum atomic E-state index is -0.546. The number of carbonyl (C=O) groups excluding carboxylic acids is 1. The summed E-state index contributed by atoms with van der Waals surface area (Å²) < 4.78 is 10.1. The average molecular weight is 211 g/mol. The molecule has 0 heterocycles. The first-order valence-corrected chi connectivity index (χ1v) is 4.52. The Morgan fingerprint density at radius 3 is 2.43 bits per heavy atom. The zero-order chi connectivity index (χ0) is 10.6. The summed E-state index contributed by atoms with van der Waals surface area (Å²) in [6.45, 7) is 0. The summed E-state index contributed by atoms with van der Waals surface area (Å²) in [5.74, 6) is 1.21. The molecule has 14 heavy (non-hydrogen) atoms. The smallest absolute Gasteiger partial charge is 0.216 e. The van der Waals surface area contributed by atoms with E-state index in [4.69, 9.17) is 9.47 Å². The van der Waals surface area contributed by atoms with Gasteiger partial charge >= 0.3 is 0 Å². The maximum atomic E-state index is 10.4. The van der Waals surface area contributed by atoms with Crippen LogP contribution >= 0.6 is 12.6 Å². The van der Waals surface area contributed by atoms with E-state index in [1.54, 1.807) is 38.7 Å². The Morgan fingerprint density at radius 2 is 1.93 bits per heavy atom. The molecule has 1 aromatic carbocycles. The van der Waals surface area contributed by atoms with Gasteiger partial charge in [0.25, 0.3) is 0 Å². The number of methoxy groups -OCH3 is 2. The molecule has 0 spiro atoms. The Morgan fingerprint density at radius 1 is 1.29 bits per heavy atom. The third-order valence-corrected chi connectivity index (χ3v) is 2.24. The molecule has 1 rings (SSSR count). The highest BCUT2D eigenvalue weighted by Gasteiger charge is 2.10. The van der Waals surface area contributed by atoms with Gasteiger partial charge in [-0.25, -0.2) is 0 Å². The summed E-state index contributed by atoms with van der Waals surface area (Å²) in [7, 11) is 3.10. The predicted molar refractivity (Wildman–Crippen MR) is 57.0 cm³/mol. The van der Waals surface area contributed by atoms with E-state index in [0.29, 0.717) is 11.5 Å². The molecule has 0 saturated carbocycles. The third kappa shape index (κ3) is 2.20. The Kier molecular flexibility index (Phi) is 3.83. The topological polar surface area (TPSA) is 35.5 Å². The van der Waals surface area contributed by atoms with Gasteiger partial charge in [-0.2, -0.15) is 12.6 Å². The molecular weight excluding hydrogens is 200 g/mol. The molecule has 0 aliphatic heterocycles. The summed E-state index contributed by atoms with van der Waals surface area (Å²) in [5.41, 5.74) is 0.737. The molecule has 1 aromatic rings. The van der Waals surface area contributed by atoms with Crippen LogP contribution in [0, 0.1) is 0 Å². The largest absolute Gasteiger partial charge is 0.493 e. The highest BCUT2D eigenvalue weighted by atomic mass is 32.1. The number of thiol groups is 1. The Bertz CT molecular complexity index is 325. The van der Waals surface area contributed by atoms with E-state index < -0.39 is 5.25 Å². The molecule has 4 heteroatoms. The van der Waals surface area contributed by atoms with Crippen molar-refractivity contribution in [3.63, 3.8) is 0 Å². The van der Waals surface area contributed by atoms with Crippen LogP contribution in [0.3, 0.4) is 0 Å². The lowest BCUT2D eigenvalue weighted by atomic mass is 10.1. The molecular formula is C10H11O3S. The second-order valence-electron chi connectivity index (χ2n) is 2.63. The van der Waals surface area contributed by atoms with Crippen LogP contribution in [0.15, 0.2) is 18.2 Å². The number of benzene rings is 1. The molecule has 1 unspecified atom stereocenters. The lowest BCUT2D eigenvalue weighted by molar-refractivity contribution is 0.354. The van der Waals surface area contributed by atoms with Gasteiger partial charge in [0, 0.05) is 0 Å². The Hall–Kier alpha value is -1.16. The van der Waals surface area contributed by atoms with Gasteiger partial charge in [-0.15, -0.1) is 0 Å². The van der Waals surface area contributed by atoms with Crippen LogP contribution in [-0.2, 0) is 4.79 Å². The van der Waals surface area contributed by atoms with Crippen LogP contribution in [-0.4, -0.2) is 20.5 Å². The zero-order valence-electron chi connectivity index (χ0n) is 7.98. The van der Waals surface area contributed by atoms with E-state index in [9.17, 15) is 4.79 Å². The van der Waals surface area contributed by atoms with Crippen molar-refractivity contribution < 1.29 is 14.3 Å². The third-order valence-electron chi connectivity index (χ3n) is 1.83. The van der Waals surface area contributed by atoms with Crippen molar-refractivity contribution in [3.05, 3.63) is 23.8 Å². The first kappa shape index (κ1) is 10.9.